The van der Waals surface area contributed by atoms with Gasteiger partial charge in [0.25, 0.3) is 5.56 Å². The van der Waals surface area contributed by atoms with Gasteiger partial charge in [0.05, 0.1) is 12.2 Å². The number of aromatic nitrogens is 5. The maximum absolute atomic E-state index is 12.7. The molecule has 5 rings (SSSR count). The molecule has 0 bridgehead atoms. The minimum absolute atomic E-state index is 0.0103. The molecule has 1 fully saturated rings. The van der Waals surface area contributed by atoms with E-state index < -0.39 is 0 Å². The molecule has 28 heavy (non-hydrogen) atoms. The van der Waals surface area contributed by atoms with Gasteiger partial charge >= 0.3 is 0 Å². The van der Waals surface area contributed by atoms with Gasteiger partial charge in [0.2, 0.25) is 0 Å². The zero-order valence-corrected chi connectivity index (χ0v) is 16.1. The zero-order valence-electron chi connectivity index (χ0n) is 16.1. The summed E-state index contributed by atoms with van der Waals surface area (Å²) in [5.41, 5.74) is 2.79. The Morgan fingerprint density at radius 3 is 2.79 bits per heavy atom. The normalized spacial score (nSPS) is 18.5. The Bertz CT molecular complexity index is 1050. The first-order valence-corrected chi connectivity index (χ1v) is 9.87. The van der Waals surface area contributed by atoms with E-state index in [1.807, 2.05) is 31.6 Å². The van der Waals surface area contributed by atoms with Crippen LogP contribution in [-0.4, -0.2) is 42.5 Å². The van der Waals surface area contributed by atoms with Crippen LogP contribution in [0.5, 0.6) is 0 Å². The van der Waals surface area contributed by atoms with Gasteiger partial charge < -0.3 is 9.55 Å². The lowest BCUT2D eigenvalue weighted by molar-refractivity contribution is 0.146. The summed E-state index contributed by atoms with van der Waals surface area (Å²) in [5.74, 6) is 1.73. The molecule has 4 heterocycles. The number of fused-ring (bicyclic) bond motifs is 2. The number of pyridine rings is 1. The van der Waals surface area contributed by atoms with Gasteiger partial charge in [0, 0.05) is 48.4 Å². The van der Waals surface area contributed by atoms with Crippen molar-refractivity contribution in [3.05, 3.63) is 64.4 Å². The largest absolute Gasteiger partial charge is 0.337 e. The fraction of sp³-hybridized carbons (Fsp3) is 0.429. The molecule has 0 radical (unpaired) electrons. The summed E-state index contributed by atoms with van der Waals surface area (Å²) in [6.45, 7) is 2.88. The lowest BCUT2D eigenvalue weighted by atomic mass is 9.76. The van der Waals surface area contributed by atoms with Gasteiger partial charge in [0.15, 0.2) is 0 Å². The highest BCUT2D eigenvalue weighted by atomic mass is 16.1. The number of rotatable bonds is 3. The van der Waals surface area contributed by atoms with Crippen molar-refractivity contribution >= 4 is 0 Å². The molecule has 0 aromatic carbocycles. The number of imidazole rings is 1. The molecule has 7 nitrogen and oxygen atoms in total. The third-order valence-corrected chi connectivity index (χ3v) is 6.41. The van der Waals surface area contributed by atoms with Gasteiger partial charge in [-0.3, -0.25) is 14.7 Å². The predicted octanol–water partition coefficient (Wildman–Crippen LogP) is 2.05. The summed E-state index contributed by atoms with van der Waals surface area (Å²) in [5, 5.41) is 0. The Kier molecular flexibility index (Phi) is 4.12. The number of piperidine rings is 1. The Morgan fingerprint density at radius 2 is 2.07 bits per heavy atom. The summed E-state index contributed by atoms with van der Waals surface area (Å²) in [6.07, 6.45) is 11.2. The van der Waals surface area contributed by atoms with Crippen molar-refractivity contribution in [3.8, 4) is 11.4 Å². The molecule has 144 valence electrons. The molecule has 1 N–H and O–H groups in total. The highest BCUT2D eigenvalue weighted by molar-refractivity contribution is 5.54. The standard InChI is InChI=1S/C21H24N6O/c1-26-12-9-23-17(26)14-27-10-6-21(7-11-27)5-4-16-18(21)24-19(25-20(16)28)15-3-2-8-22-13-15/h2-3,8-9,12-13H,4-7,10-11,14H2,1H3,(H,24,25,28). The molecule has 1 aliphatic carbocycles. The fourth-order valence-electron chi connectivity index (χ4n) is 4.67. The maximum atomic E-state index is 12.7. The van der Waals surface area contributed by atoms with Gasteiger partial charge in [-0.05, 0) is 50.9 Å². The lowest BCUT2D eigenvalue weighted by Crippen LogP contribution is -2.42. The summed E-state index contributed by atoms with van der Waals surface area (Å²) < 4.78 is 2.08. The summed E-state index contributed by atoms with van der Waals surface area (Å²) in [7, 11) is 2.04. The molecule has 1 spiro atoms. The van der Waals surface area contributed by atoms with Crippen LogP contribution in [0, 0.1) is 0 Å². The Balaban J connectivity index is 1.41. The first-order valence-electron chi connectivity index (χ1n) is 9.87. The maximum Gasteiger partial charge on any atom is 0.254 e. The van der Waals surface area contributed by atoms with Crippen LogP contribution < -0.4 is 5.56 Å². The van der Waals surface area contributed by atoms with Crippen molar-refractivity contribution in [3.63, 3.8) is 0 Å². The number of aryl methyl sites for hydroxylation is 1. The molecule has 0 amide bonds. The number of hydrogen-bond donors (Lipinski definition) is 1. The fourth-order valence-corrected chi connectivity index (χ4v) is 4.67. The minimum Gasteiger partial charge on any atom is -0.337 e. The molecular weight excluding hydrogens is 352 g/mol. The average Bonchev–Trinajstić information content (AvgIpc) is 3.29. The second kappa shape index (κ2) is 6.67. The van der Waals surface area contributed by atoms with E-state index in [1.54, 1.807) is 12.4 Å². The average molecular weight is 376 g/mol. The van der Waals surface area contributed by atoms with Crippen molar-refractivity contribution in [1.29, 1.82) is 0 Å². The first kappa shape index (κ1) is 17.3. The highest BCUT2D eigenvalue weighted by Gasteiger charge is 2.44. The van der Waals surface area contributed by atoms with E-state index >= 15 is 0 Å². The number of nitrogens with zero attached hydrogens (tertiary/aromatic N) is 5. The molecule has 0 unspecified atom stereocenters. The molecule has 7 heteroatoms. The molecule has 0 atom stereocenters. The van der Waals surface area contributed by atoms with Gasteiger partial charge in [-0.1, -0.05) is 0 Å². The van der Waals surface area contributed by atoms with Gasteiger partial charge in [-0.2, -0.15) is 0 Å². The van der Waals surface area contributed by atoms with E-state index in [4.69, 9.17) is 4.98 Å². The smallest absolute Gasteiger partial charge is 0.254 e. The minimum atomic E-state index is 0.0103. The third kappa shape index (κ3) is 2.86. The number of nitrogens with one attached hydrogen (secondary N) is 1. The first-order chi connectivity index (χ1) is 13.6. The van der Waals surface area contributed by atoms with E-state index in [0.29, 0.717) is 5.82 Å². The second-order valence-electron chi connectivity index (χ2n) is 7.99. The van der Waals surface area contributed by atoms with E-state index in [1.165, 1.54) is 0 Å². The van der Waals surface area contributed by atoms with Crippen LogP contribution in [0.15, 0.2) is 41.7 Å². The number of likely N-dealkylation sites (tertiary alicyclic amines) is 1. The molecule has 3 aromatic heterocycles. The summed E-state index contributed by atoms with van der Waals surface area (Å²) in [6, 6.07) is 3.81. The molecular formula is C21H24N6O. The molecule has 1 saturated heterocycles. The SMILES string of the molecule is Cn1ccnc1CN1CCC2(CCc3c2nc(-c2cccnc2)[nH]c3=O)CC1. The van der Waals surface area contributed by atoms with Crippen molar-refractivity contribution in [2.45, 2.75) is 37.6 Å². The number of H-pyrrole nitrogens is 1. The van der Waals surface area contributed by atoms with Crippen molar-refractivity contribution in [2.75, 3.05) is 13.1 Å². The predicted molar refractivity (Wildman–Crippen MR) is 106 cm³/mol. The van der Waals surface area contributed by atoms with Crippen LogP contribution in [0.1, 0.15) is 36.3 Å². The van der Waals surface area contributed by atoms with Gasteiger partial charge in [-0.15, -0.1) is 0 Å². The lowest BCUT2D eigenvalue weighted by Gasteiger charge is -2.39. The van der Waals surface area contributed by atoms with Crippen LogP contribution >= 0.6 is 0 Å². The highest BCUT2D eigenvalue weighted by Crippen LogP contribution is 2.44. The summed E-state index contributed by atoms with van der Waals surface area (Å²) >= 11 is 0. The summed E-state index contributed by atoms with van der Waals surface area (Å²) in [4.78, 5) is 31.7. The number of hydrogen-bond acceptors (Lipinski definition) is 5. The van der Waals surface area contributed by atoms with Crippen LogP contribution in [0.25, 0.3) is 11.4 Å². The van der Waals surface area contributed by atoms with Crippen molar-refractivity contribution < 1.29 is 0 Å². The Morgan fingerprint density at radius 1 is 1.21 bits per heavy atom. The van der Waals surface area contributed by atoms with Gasteiger partial charge in [0.1, 0.15) is 11.6 Å². The molecule has 0 saturated carbocycles. The van der Waals surface area contributed by atoms with Crippen molar-refractivity contribution in [2.24, 2.45) is 7.05 Å². The molecule has 2 aliphatic rings. The van der Waals surface area contributed by atoms with Crippen LogP contribution in [0.4, 0.5) is 0 Å². The topological polar surface area (TPSA) is 79.7 Å². The second-order valence-corrected chi connectivity index (χ2v) is 7.99. The van der Waals surface area contributed by atoms with Crippen molar-refractivity contribution in [1.82, 2.24) is 29.4 Å². The van der Waals surface area contributed by atoms with E-state index in [2.05, 4.69) is 24.4 Å². The Labute approximate surface area is 163 Å². The van der Waals surface area contributed by atoms with Crippen LogP contribution in [0.2, 0.25) is 0 Å². The van der Waals surface area contributed by atoms with E-state index in [9.17, 15) is 4.79 Å². The molecule has 3 aromatic rings. The third-order valence-electron chi connectivity index (χ3n) is 6.41. The quantitative estimate of drug-likeness (QED) is 0.757. The van der Waals surface area contributed by atoms with Gasteiger partial charge in [-0.25, -0.2) is 9.97 Å². The van der Waals surface area contributed by atoms with Crippen LogP contribution in [0.3, 0.4) is 0 Å². The zero-order chi connectivity index (χ0) is 19.1. The molecule has 1 aliphatic heterocycles. The van der Waals surface area contributed by atoms with Crippen LogP contribution in [-0.2, 0) is 25.4 Å². The van der Waals surface area contributed by atoms with E-state index in [0.717, 1.165) is 68.0 Å². The monoisotopic (exact) mass is 376 g/mol. The Hall–Kier alpha value is -2.80. The van der Waals surface area contributed by atoms with E-state index in [-0.39, 0.29) is 11.0 Å². The number of aromatic amines is 1.